The number of carbonyl (C=O) groups excluding carboxylic acids is 2. The van der Waals surface area contributed by atoms with Gasteiger partial charge in [-0.05, 0) is 44.6 Å². The third kappa shape index (κ3) is 4.16. The third-order valence-electron chi connectivity index (χ3n) is 4.73. The second kappa shape index (κ2) is 8.87. The van der Waals surface area contributed by atoms with Crippen molar-refractivity contribution >= 4 is 22.8 Å². The monoisotopic (exact) mass is 384 g/mol. The topological polar surface area (TPSA) is 94.4 Å². The number of piperidine rings is 1. The molecule has 3 rings (SSSR count). The molecule has 28 heavy (non-hydrogen) atoms. The number of hydrogen-bond acceptors (Lipinski definition) is 5. The molecular weight excluding hydrogens is 360 g/mol. The van der Waals surface area contributed by atoms with E-state index in [9.17, 15) is 14.4 Å². The SMILES string of the molecule is CNCCCOCC#Cc1ccc2c(c1)n(C)c(=O)n2C1CCC(=O)NC1=O. The van der Waals surface area contributed by atoms with Crippen LogP contribution in [0.3, 0.4) is 0 Å². The van der Waals surface area contributed by atoms with Crippen LogP contribution in [0.2, 0.25) is 0 Å². The molecule has 1 aromatic heterocycles. The maximum Gasteiger partial charge on any atom is 0.329 e. The lowest BCUT2D eigenvalue weighted by molar-refractivity contribution is -0.135. The van der Waals surface area contributed by atoms with E-state index in [4.69, 9.17) is 4.74 Å². The molecule has 0 aliphatic carbocycles. The minimum Gasteiger partial charge on any atom is -0.369 e. The predicted octanol–water partition coefficient (Wildman–Crippen LogP) is 0.295. The largest absolute Gasteiger partial charge is 0.369 e. The van der Waals surface area contributed by atoms with Crippen molar-refractivity contribution in [1.82, 2.24) is 19.8 Å². The molecule has 2 aromatic rings. The number of ether oxygens (including phenoxy) is 1. The van der Waals surface area contributed by atoms with E-state index in [-0.39, 0.29) is 18.0 Å². The Morgan fingerprint density at radius 1 is 1.29 bits per heavy atom. The summed E-state index contributed by atoms with van der Waals surface area (Å²) in [6.45, 7) is 1.90. The first-order valence-electron chi connectivity index (χ1n) is 9.29. The number of fused-ring (bicyclic) bond motifs is 1. The van der Waals surface area contributed by atoms with Crippen LogP contribution < -0.4 is 16.3 Å². The van der Waals surface area contributed by atoms with Crippen molar-refractivity contribution in [3.05, 3.63) is 34.2 Å². The van der Waals surface area contributed by atoms with Crippen LogP contribution in [-0.2, 0) is 21.4 Å². The predicted molar refractivity (Wildman–Crippen MR) is 105 cm³/mol. The summed E-state index contributed by atoms with van der Waals surface area (Å²) < 4.78 is 8.40. The van der Waals surface area contributed by atoms with Crippen LogP contribution in [0.4, 0.5) is 0 Å². The van der Waals surface area contributed by atoms with Gasteiger partial charge in [-0.3, -0.25) is 24.0 Å². The van der Waals surface area contributed by atoms with E-state index < -0.39 is 11.9 Å². The normalized spacial score (nSPS) is 16.7. The van der Waals surface area contributed by atoms with E-state index in [2.05, 4.69) is 22.5 Å². The summed E-state index contributed by atoms with van der Waals surface area (Å²) in [5.74, 6) is 5.26. The fourth-order valence-electron chi connectivity index (χ4n) is 3.28. The zero-order valence-corrected chi connectivity index (χ0v) is 16.1. The van der Waals surface area contributed by atoms with Crippen LogP contribution >= 0.6 is 0 Å². The van der Waals surface area contributed by atoms with Crippen molar-refractivity contribution in [1.29, 1.82) is 0 Å². The average Bonchev–Trinajstić information content (AvgIpc) is 2.92. The van der Waals surface area contributed by atoms with Gasteiger partial charge in [0.2, 0.25) is 11.8 Å². The molecule has 1 atom stereocenters. The Hall–Kier alpha value is -2.89. The average molecular weight is 384 g/mol. The first-order valence-corrected chi connectivity index (χ1v) is 9.29. The molecule has 2 heterocycles. The number of imide groups is 1. The highest BCUT2D eigenvalue weighted by Crippen LogP contribution is 2.23. The van der Waals surface area contributed by atoms with Crippen molar-refractivity contribution in [2.75, 3.05) is 26.8 Å². The lowest BCUT2D eigenvalue weighted by Crippen LogP contribution is -2.44. The molecule has 1 saturated heterocycles. The molecule has 8 nitrogen and oxygen atoms in total. The zero-order chi connectivity index (χ0) is 20.1. The third-order valence-corrected chi connectivity index (χ3v) is 4.73. The van der Waals surface area contributed by atoms with Crippen LogP contribution in [0.5, 0.6) is 0 Å². The Morgan fingerprint density at radius 3 is 2.86 bits per heavy atom. The maximum atomic E-state index is 12.7. The molecule has 0 radical (unpaired) electrons. The Bertz CT molecular complexity index is 1010. The lowest BCUT2D eigenvalue weighted by Gasteiger charge is -2.21. The second-order valence-corrected chi connectivity index (χ2v) is 6.69. The number of carbonyl (C=O) groups is 2. The van der Waals surface area contributed by atoms with Crippen LogP contribution in [0, 0.1) is 11.8 Å². The van der Waals surface area contributed by atoms with Gasteiger partial charge in [0.15, 0.2) is 0 Å². The summed E-state index contributed by atoms with van der Waals surface area (Å²) in [5, 5.41) is 5.36. The van der Waals surface area contributed by atoms with Crippen molar-refractivity contribution in [3.63, 3.8) is 0 Å². The van der Waals surface area contributed by atoms with Gasteiger partial charge < -0.3 is 10.1 Å². The van der Waals surface area contributed by atoms with Crippen molar-refractivity contribution in [2.45, 2.75) is 25.3 Å². The van der Waals surface area contributed by atoms with Crippen molar-refractivity contribution < 1.29 is 14.3 Å². The van der Waals surface area contributed by atoms with Crippen LogP contribution in [0.1, 0.15) is 30.9 Å². The van der Waals surface area contributed by atoms with Gasteiger partial charge in [-0.15, -0.1) is 0 Å². The number of rotatable bonds is 6. The number of benzene rings is 1. The van der Waals surface area contributed by atoms with Crippen molar-refractivity contribution in [3.8, 4) is 11.8 Å². The summed E-state index contributed by atoms with van der Waals surface area (Å²) in [4.78, 5) is 36.3. The summed E-state index contributed by atoms with van der Waals surface area (Å²) in [7, 11) is 3.56. The van der Waals surface area contributed by atoms with Crippen LogP contribution in [0.25, 0.3) is 11.0 Å². The quantitative estimate of drug-likeness (QED) is 0.424. The number of nitrogens with one attached hydrogen (secondary N) is 2. The molecule has 1 fully saturated rings. The summed E-state index contributed by atoms with van der Waals surface area (Å²) >= 11 is 0. The van der Waals surface area contributed by atoms with E-state index in [0.29, 0.717) is 30.7 Å². The first kappa shape index (κ1) is 19.9. The van der Waals surface area contributed by atoms with Crippen LogP contribution in [-0.4, -0.2) is 47.8 Å². The summed E-state index contributed by atoms with van der Waals surface area (Å²) in [6, 6.07) is 4.75. The molecule has 1 aromatic carbocycles. The van der Waals surface area contributed by atoms with Gasteiger partial charge in [0.05, 0.1) is 11.0 Å². The Balaban J connectivity index is 1.81. The van der Waals surface area contributed by atoms with Gasteiger partial charge in [0, 0.05) is 25.6 Å². The molecule has 1 aliphatic heterocycles. The highest BCUT2D eigenvalue weighted by Gasteiger charge is 2.31. The van der Waals surface area contributed by atoms with E-state index >= 15 is 0 Å². The number of imidazole rings is 1. The molecule has 2 amide bonds. The lowest BCUT2D eigenvalue weighted by atomic mass is 10.1. The Kier molecular flexibility index (Phi) is 6.29. The molecule has 148 valence electrons. The molecule has 0 spiro atoms. The number of aromatic nitrogens is 2. The zero-order valence-electron chi connectivity index (χ0n) is 16.1. The van der Waals surface area contributed by atoms with Crippen molar-refractivity contribution in [2.24, 2.45) is 7.05 Å². The van der Waals surface area contributed by atoms with Gasteiger partial charge in [0.1, 0.15) is 12.6 Å². The summed E-state index contributed by atoms with van der Waals surface area (Å²) in [5.41, 5.74) is 1.82. The first-order chi connectivity index (χ1) is 13.5. The highest BCUT2D eigenvalue weighted by atomic mass is 16.5. The van der Waals surface area contributed by atoms with E-state index in [1.54, 1.807) is 13.1 Å². The van der Waals surface area contributed by atoms with Gasteiger partial charge in [-0.2, -0.15) is 0 Å². The van der Waals surface area contributed by atoms with Crippen LogP contribution in [0.15, 0.2) is 23.0 Å². The standard InChI is InChI=1S/C20H24N4O4/c1-21-10-4-12-28-11-3-5-14-6-7-15-17(13-14)23(2)20(27)24(15)16-8-9-18(25)22-19(16)26/h6-7,13,16,21H,4,8-12H2,1-2H3,(H,22,25,26). The van der Waals surface area contributed by atoms with E-state index in [1.807, 2.05) is 19.2 Å². The van der Waals surface area contributed by atoms with Gasteiger partial charge in [-0.1, -0.05) is 11.8 Å². The number of hydrogen-bond donors (Lipinski definition) is 2. The molecule has 8 heteroatoms. The molecular formula is C20H24N4O4. The Morgan fingerprint density at radius 2 is 2.11 bits per heavy atom. The van der Waals surface area contributed by atoms with Gasteiger partial charge in [-0.25, -0.2) is 4.79 Å². The molecule has 1 unspecified atom stereocenters. The molecule has 2 N–H and O–H groups in total. The highest BCUT2D eigenvalue weighted by molar-refractivity contribution is 6.00. The minimum atomic E-state index is -0.683. The fraction of sp³-hybridized carbons (Fsp3) is 0.450. The maximum absolute atomic E-state index is 12.7. The molecule has 0 bridgehead atoms. The number of aryl methyl sites for hydroxylation is 1. The number of amides is 2. The van der Waals surface area contributed by atoms with E-state index in [1.165, 1.54) is 9.13 Å². The fourth-order valence-corrected chi connectivity index (χ4v) is 3.28. The molecule has 0 saturated carbocycles. The smallest absolute Gasteiger partial charge is 0.329 e. The Labute approximate surface area is 162 Å². The summed E-state index contributed by atoms with van der Waals surface area (Å²) in [6.07, 6.45) is 1.47. The number of nitrogens with zero attached hydrogens (tertiary/aromatic N) is 2. The second-order valence-electron chi connectivity index (χ2n) is 6.69. The van der Waals surface area contributed by atoms with Gasteiger partial charge in [0.25, 0.3) is 0 Å². The molecule has 1 aliphatic rings. The minimum absolute atomic E-state index is 0.219. The van der Waals surface area contributed by atoms with E-state index in [0.717, 1.165) is 18.5 Å². The van der Waals surface area contributed by atoms with Gasteiger partial charge >= 0.3 is 5.69 Å².